The number of pyridine rings is 1. The second-order valence-electron chi connectivity index (χ2n) is 2.28. The minimum atomic E-state index is -0.708. The molecular formula is C9H8NNbO3-. The van der Waals surface area contributed by atoms with E-state index in [1.807, 2.05) is 0 Å². The van der Waals surface area contributed by atoms with Gasteiger partial charge in [0.2, 0.25) is 0 Å². The summed E-state index contributed by atoms with van der Waals surface area (Å²) in [6.07, 6.45) is 4.08. The standard InChI is InChI=1S/C9H8NO3.Nb/c1-2-8(11)13-9(12)7-4-3-5-10-6-7;/h3-5H,2H2,1H3;/q-1;. The molecule has 0 saturated heterocycles. The van der Waals surface area contributed by atoms with E-state index >= 15 is 0 Å². The van der Waals surface area contributed by atoms with Crippen LogP contribution < -0.4 is 0 Å². The fourth-order valence-electron chi connectivity index (χ4n) is 0.671. The van der Waals surface area contributed by atoms with Crippen molar-refractivity contribution < 1.29 is 36.7 Å². The van der Waals surface area contributed by atoms with Crippen molar-refractivity contribution in [3.8, 4) is 0 Å². The normalized spacial score (nSPS) is 8.64. The monoisotopic (exact) mass is 271 g/mol. The Bertz CT molecular complexity index is 313. The number of carbonyl (C=O) groups is 2. The van der Waals surface area contributed by atoms with Gasteiger partial charge in [-0.1, -0.05) is 13.1 Å². The summed E-state index contributed by atoms with van der Waals surface area (Å²) < 4.78 is 4.44. The van der Waals surface area contributed by atoms with E-state index in [0.717, 1.165) is 0 Å². The van der Waals surface area contributed by atoms with E-state index in [0.29, 0.717) is 0 Å². The minimum absolute atomic E-state index is 0. The maximum atomic E-state index is 11.1. The average molecular weight is 271 g/mol. The molecule has 0 bridgehead atoms. The van der Waals surface area contributed by atoms with Crippen molar-refractivity contribution in [2.24, 2.45) is 0 Å². The number of hydrogen-bond acceptors (Lipinski definition) is 4. The van der Waals surface area contributed by atoms with Gasteiger partial charge in [-0.2, -0.15) is 0 Å². The van der Waals surface area contributed by atoms with Crippen molar-refractivity contribution in [2.75, 3.05) is 0 Å². The van der Waals surface area contributed by atoms with Gasteiger partial charge in [0.15, 0.2) is 0 Å². The summed E-state index contributed by atoms with van der Waals surface area (Å²) in [7, 11) is 0. The van der Waals surface area contributed by atoms with Crippen LogP contribution in [0, 0.1) is 6.20 Å². The predicted octanol–water partition coefficient (Wildman–Crippen LogP) is 0.973. The maximum absolute atomic E-state index is 11.1. The zero-order valence-corrected chi connectivity index (χ0v) is 9.76. The first-order valence-corrected chi connectivity index (χ1v) is 3.81. The van der Waals surface area contributed by atoms with Crippen LogP contribution in [0.25, 0.3) is 0 Å². The number of hydrogen-bond donors (Lipinski definition) is 0. The topological polar surface area (TPSA) is 56.3 Å². The third-order valence-corrected chi connectivity index (χ3v) is 1.32. The third-order valence-electron chi connectivity index (χ3n) is 1.32. The number of ether oxygens (including phenoxy) is 1. The molecule has 4 nitrogen and oxygen atoms in total. The van der Waals surface area contributed by atoms with Crippen LogP contribution in [0.3, 0.4) is 0 Å². The molecule has 14 heavy (non-hydrogen) atoms. The second-order valence-corrected chi connectivity index (χ2v) is 2.28. The Balaban J connectivity index is 0.00000169. The van der Waals surface area contributed by atoms with Crippen LogP contribution in [0.2, 0.25) is 0 Å². The van der Waals surface area contributed by atoms with Gasteiger partial charge < -0.3 is 14.5 Å². The molecule has 0 spiro atoms. The van der Waals surface area contributed by atoms with Gasteiger partial charge in [0.05, 0.1) is 0 Å². The van der Waals surface area contributed by atoms with E-state index in [4.69, 9.17) is 0 Å². The molecule has 0 atom stereocenters. The fraction of sp³-hybridized carbons (Fsp3) is 0.222. The molecule has 1 aromatic rings. The van der Waals surface area contributed by atoms with Crippen molar-refractivity contribution in [1.29, 1.82) is 0 Å². The van der Waals surface area contributed by atoms with Crippen LogP contribution >= 0.6 is 0 Å². The SMILES string of the molecule is CCC(=O)OC(=O)c1[c-]nccc1.[Nb]. The summed E-state index contributed by atoms with van der Waals surface area (Å²) >= 11 is 0. The first kappa shape index (κ1) is 13.0. The van der Waals surface area contributed by atoms with Crippen LogP contribution in [0.4, 0.5) is 0 Å². The fourth-order valence-corrected chi connectivity index (χ4v) is 0.671. The van der Waals surface area contributed by atoms with E-state index in [-0.39, 0.29) is 34.4 Å². The van der Waals surface area contributed by atoms with E-state index in [1.54, 1.807) is 13.0 Å². The summed E-state index contributed by atoms with van der Waals surface area (Å²) in [4.78, 5) is 25.4. The molecule has 0 unspecified atom stereocenters. The Hall–Kier alpha value is -0.970. The Labute approximate surface area is 97.2 Å². The summed E-state index contributed by atoms with van der Waals surface area (Å²) in [5.41, 5.74) is 0.157. The molecule has 0 saturated carbocycles. The smallest absolute Gasteiger partial charge is 0.304 e. The van der Waals surface area contributed by atoms with Crippen molar-refractivity contribution >= 4 is 11.9 Å². The maximum Gasteiger partial charge on any atom is 0.304 e. The number of nitrogens with zero attached hydrogens (tertiary/aromatic N) is 1. The van der Waals surface area contributed by atoms with Crippen molar-refractivity contribution in [3.63, 3.8) is 0 Å². The van der Waals surface area contributed by atoms with Crippen LogP contribution in [0.15, 0.2) is 18.3 Å². The molecule has 0 aliphatic rings. The largest absolute Gasteiger partial charge is 0.438 e. The van der Waals surface area contributed by atoms with Crippen LogP contribution in [-0.4, -0.2) is 16.9 Å². The van der Waals surface area contributed by atoms with Crippen molar-refractivity contribution in [1.82, 2.24) is 4.98 Å². The summed E-state index contributed by atoms with van der Waals surface area (Å²) in [6.45, 7) is 1.61. The van der Waals surface area contributed by atoms with Gasteiger partial charge in [0.25, 0.3) is 5.97 Å². The Morgan fingerprint density at radius 2 is 2.29 bits per heavy atom. The Kier molecular flexibility index (Phi) is 6.03. The number of carbonyl (C=O) groups excluding carboxylic acids is 2. The van der Waals surface area contributed by atoms with E-state index in [9.17, 15) is 9.59 Å². The summed E-state index contributed by atoms with van der Waals surface area (Å²) in [6, 6.07) is 3.06. The minimum Gasteiger partial charge on any atom is -0.438 e. The van der Waals surface area contributed by atoms with E-state index in [2.05, 4.69) is 15.9 Å². The van der Waals surface area contributed by atoms with Gasteiger partial charge >= 0.3 is 5.97 Å². The van der Waals surface area contributed by atoms with Crippen molar-refractivity contribution in [3.05, 3.63) is 30.1 Å². The van der Waals surface area contributed by atoms with Gasteiger partial charge in [-0.3, -0.25) is 4.79 Å². The summed E-state index contributed by atoms with van der Waals surface area (Å²) in [5, 5.41) is 0. The molecule has 1 heterocycles. The molecule has 73 valence electrons. The van der Waals surface area contributed by atoms with Crippen molar-refractivity contribution in [2.45, 2.75) is 13.3 Å². The molecule has 0 fully saturated rings. The molecule has 0 amide bonds. The van der Waals surface area contributed by atoms with Gasteiger partial charge in [0, 0.05) is 28.8 Å². The van der Waals surface area contributed by atoms with E-state index in [1.165, 1.54) is 12.3 Å². The molecule has 0 N–H and O–H groups in total. The number of rotatable bonds is 2. The third kappa shape index (κ3) is 3.83. The Morgan fingerprint density at radius 1 is 1.57 bits per heavy atom. The second kappa shape index (κ2) is 6.48. The molecule has 1 radical (unpaired) electrons. The zero-order valence-electron chi connectivity index (χ0n) is 7.56. The molecule has 0 aliphatic heterocycles. The Morgan fingerprint density at radius 3 is 2.79 bits per heavy atom. The van der Waals surface area contributed by atoms with Gasteiger partial charge in [0.1, 0.15) is 0 Å². The van der Waals surface area contributed by atoms with Crippen LogP contribution in [0.1, 0.15) is 23.7 Å². The molecule has 1 rings (SSSR count). The molecule has 1 aromatic heterocycles. The predicted molar refractivity (Wildman–Crippen MR) is 43.8 cm³/mol. The molecule has 5 heteroatoms. The summed E-state index contributed by atoms with van der Waals surface area (Å²) in [5.74, 6) is -1.26. The quantitative estimate of drug-likeness (QED) is 0.348. The zero-order chi connectivity index (χ0) is 9.68. The first-order valence-electron chi connectivity index (χ1n) is 3.81. The van der Waals surface area contributed by atoms with Gasteiger partial charge in [-0.25, -0.2) is 0 Å². The average Bonchev–Trinajstić information content (AvgIpc) is 2.19. The van der Waals surface area contributed by atoms with Gasteiger partial charge in [-0.15, -0.1) is 12.1 Å². The van der Waals surface area contributed by atoms with Crippen LogP contribution in [0.5, 0.6) is 0 Å². The number of esters is 2. The van der Waals surface area contributed by atoms with E-state index < -0.39 is 11.9 Å². The molecule has 0 aromatic carbocycles. The number of aromatic nitrogens is 1. The van der Waals surface area contributed by atoms with Crippen LogP contribution in [-0.2, 0) is 31.9 Å². The molecule has 0 aliphatic carbocycles. The molecular weight excluding hydrogens is 263 g/mol. The first-order chi connectivity index (χ1) is 6.24. The van der Waals surface area contributed by atoms with Gasteiger partial charge in [-0.05, 0) is 11.8 Å².